The van der Waals surface area contributed by atoms with Crippen LogP contribution in [0.5, 0.6) is 5.88 Å². The third-order valence-electron chi connectivity index (χ3n) is 3.76. The van der Waals surface area contributed by atoms with Crippen molar-refractivity contribution in [2.24, 2.45) is 5.92 Å². The Hall–Kier alpha value is -2.36. The highest BCUT2D eigenvalue weighted by atomic mass is 16.5. The van der Waals surface area contributed by atoms with Crippen molar-refractivity contribution in [1.82, 2.24) is 4.98 Å². The quantitative estimate of drug-likeness (QED) is 0.866. The van der Waals surface area contributed by atoms with Gasteiger partial charge in [0.05, 0.1) is 7.11 Å². The van der Waals surface area contributed by atoms with E-state index in [-0.39, 0.29) is 5.91 Å². The molecule has 108 valence electrons. The topological polar surface area (TPSA) is 42.4 Å². The number of anilines is 1. The van der Waals surface area contributed by atoms with Gasteiger partial charge in [-0.2, -0.15) is 0 Å². The number of methoxy groups -OCH3 is 1. The minimum Gasteiger partial charge on any atom is -0.481 e. The third-order valence-corrected chi connectivity index (χ3v) is 3.76. The molecule has 4 heteroatoms. The van der Waals surface area contributed by atoms with E-state index in [9.17, 15) is 4.79 Å². The van der Waals surface area contributed by atoms with Gasteiger partial charge in [0, 0.05) is 30.4 Å². The van der Waals surface area contributed by atoms with Crippen LogP contribution < -0.4 is 9.64 Å². The Labute approximate surface area is 124 Å². The zero-order valence-electron chi connectivity index (χ0n) is 12.0. The molecule has 4 nitrogen and oxygen atoms in total. The van der Waals surface area contributed by atoms with Crippen LogP contribution in [0.2, 0.25) is 0 Å². The lowest BCUT2D eigenvalue weighted by molar-refractivity contribution is -0.117. The molecule has 0 N–H and O–H groups in total. The van der Waals surface area contributed by atoms with Crippen LogP contribution in [-0.4, -0.2) is 24.5 Å². The summed E-state index contributed by atoms with van der Waals surface area (Å²) < 4.78 is 5.14. The number of hydrogen-bond donors (Lipinski definition) is 0. The zero-order chi connectivity index (χ0) is 14.7. The summed E-state index contributed by atoms with van der Waals surface area (Å²) in [7, 11) is 1.61. The summed E-state index contributed by atoms with van der Waals surface area (Å²) in [6.07, 6.45) is 1.38. The molecule has 1 aliphatic heterocycles. The SMILES string of the molecule is COc1cccc(C[C@H]2CC(=O)N(c3ccccc3)C2)n1. The standard InChI is InChI=1S/C17H18N2O2/c1-21-16-9-5-6-14(18-16)10-13-11-17(20)19(12-13)15-7-3-2-4-8-15/h2-9,13H,10-12H2,1H3/t13-/m0/s1. The third kappa shape index (κ3) is 3.05. The van der Waals surface area contributed by atoms with Crippen molar-refractivity contribution in [3.05, 3.63) is 54.2 Å². The van der Waals surface area contributed by atoms with E-state index in [4.69, 9.17) is 4.74 Å². The first-order valence-corrected chi connectivity index (χ1v) is 7.11. The normalized spacial score (nSPS) is 18.0. The lowest BCUT2D eigenvalue weighted by atomic mass is 10.0. The second-order valence-corrected chi connectivity index (χ2v) is 5.29. The van der Waals surface area contributed by atoms with Crippen LogP contribution in [0.3, 0.4) is 0 Å². The number of pyridine rings is 1. The second kappa shape index (κ2) is 5.95. The van der Waals surface area contributed by atoms with Gasteiger partial charge < -0.3 is 9.64 Å². The van der Waals surface area contributed by atoms with Gasteiger partial charge in [0.2, 0.25) is 11.8 Å². The van der Waals surface area contributed by atoms with Gasteiger partial charge in [-0.3, -0.25) is 4.79 Å². The van der Waals surface area contributed by atoms with Crippen LogP contribution in [0.1, 0.15) is 12.1 Å². The molecule has 2 aromatic rings. The number of nitrogens with zero attached hydrogens (tertiary/aromatic N) is 2. The first-order chi connectivity index (χ1) is 10.3. The molecule has 1 amide bonds. The van der Waals surface area contributed by atoms with E-state index >= 15 is 0 Å². The number of para-hydroxylation sites is 1. The lowest BCUT2D eigenvalue weighted by Crippen LogP contribution is -2.24. The maximum atomic E-state index is 12.2. The fraction of sp³-hybridized carbons (Fsp3) is 0.294. The molecule has 1 atom stereocenters. The Bertz CT molecular complexity index is 628. The second-order valence-electron chi connectivity index (χ2n) is 5.29. The molecule has 1 saturated heterocycles. The van der Waals surface area contributed by atoms with Crippen LogP contribution in [0.15, 0.2) is 48.5 Å². The van der Waals surface area contributed by atoms with Gasteiger partial charge in [-0.25, -0.2) is 4.98 Å². The number of aromatic nitrogens is 1. The highest BCUT2D eigenvalue weighted by molar-refractivity contribution is 5.95. The van der Waals surface area contributed by atoms with Gasteiger partial charge >= 0.3 is 0 Å². The average Bonchev–Trinajstić information content (AvgIpc) is 2.89. The number of hydrogen-bond acceptors (Lipinski definition) is 3. The van der Waals surface area contributed by atoms with E-state index in [2.05, 4.69) is 4.98 Å². The summed E-state index contributed by atoms with van der Waals surface area (Å²) in [5, 5.41) is 0. The number of carbonyl (C=O) groups excluding carboxylic acids is 1. The summed E-state index contributed by atoms with van der Waals surface area (Å²) in [5.41, 5.74) is 1.95. The number of carbonyl (C=O) groups is 1. The van der Waals surface area contributed by atoms with Crippen LogP contribution in [0.25, 0.3) is 0 Å². The van der Waals surface area contributed by atoms with Gasteiger partial charge in [-0.05, 0) is 30.5 Å². The molecule has 0 spiro atoms. The lowest BCUT2D eigenvalue weighted by Gasteiger charge is -2.16. The Morgan fingerprint density at radius 2 is 2.00 bits per heavy atom. The number of rotatable bonds is 4. The Morgan fingerprint density at radius 3 is 2.76 bits per heavy atom. The highest BCUT2D eigenvalue weighted by Gasteiger charge is 2.30. The molecule has 0 aliphatic carbocycles. The minimum absolute atomic E-state index is 0.189. The van der Waals surface area contributed by atoms with E-state index < -0.39 is 0 Å². The summed E-state index contributed by atoms with van der Waals surface area (Å²) in [4.78, 5) is 18.5. The van der Waals surface area contributed by atoms with Gasteiger partial charge in [0.1, 0.15) is 0 Å². The maximum absolute atomic E-state index is 12.2. The fourth-order valence-corrected chi connectivity index (χ4v) is 2.76. The predicted octanol–water partition coefficient (Wildman–Crippen LogP) is 2.69. The van der Waals surface area contributed by atoms with E-state index in [1.165, 1.54) is 0 Å². The predicted molar refractivity (Wildman–Crippen MR) is 81.4 cm³/mol. The van der Waals surface area contributed by atoms with E-state index in [0.717, 1.165) is 24.3 Å². The molecular weight excluding hydrogens is 264 g/mol. The number of ether oxygens (including phenoxy) is 1. The number of amides is 1. The summed E-state index contributed by atoms with van der Waals surface area (Å²) in [5.74, 6) is 1.11. The molecule has 2 heterocycles. The molecule has 0 saturated carbocycles. The van der Waals surface area contributed by atoms with Crippen molar-refractivity contribution in [1.29, 1.82) is 0 Å². The molecule has 0 radical (unpaired) electrons. The van der Waals surface area contributed by atoms with Crippen molar-refractivity contribution >= 4 is 11.6 Å². The first-order valence-electron chi connectivity index (χ1n) is 7.11. The van der Waals surface area contributed by atoms with Crippen molar-refractivity contribution in [3.8, 4) is 5.88 Å². The van der Waals surface area contributed by atoms with Crippen LogP contribution >= 0.6 is 0 Å². The molecule has 3 rings (SSSR count). The molecule has 1 fully saturated rings. The van der Waals surface area contributed by atoms with Crippen LogP contribution in [0, 0.1) is 5.92 Å². The fourth-order valence-electron chi connectivity index (χ4n) is 2.76. The highest BCUT2D eigenvalue weighted by Crippen LogP contribution is 2.27. The van der Waals surface area contributed by atoms with E-state index in [1.807, 2.05) is 53.4 Å². The van der Waals surface area contributed by atoms with Gasteiger partial charge in [0.25, 0.3) is 0 Å². The summed E-state index contributed by atoms with van der Waals surface area (Å²) >= 11 is 0. The molecule has 1 aliphatic rings. The molecule has 0 bridgehead atoms. The molecule has 1 aromatic carbocycles. The summed E-state index contributed by atoms with van der Waals surface area (Å²) in [6, 6.07) is 15.6. The van der Waals surface area contributed by atoms with Crippen LogP contribution in [0.4, 0.5) is 5.69 Å². The Balaban J connectivity index is 1.70. The van der Waals surface area contributed by atoms with Crippen molar-refractivity contribution in [2.75, 3.05) is 18.6 Å². The maximum Gasteiger partial charge on any atom is 0.227 e. The molecule has 1 aromatic heterocycles. The average molecular weight is 282 g/mol. The van der Waals surface area contributed by atoms with Gasteiger partial charge in [0.15, 0.2) is 0 Å². The van der Waals surface area contributed by atoms with Gasteiger partial charge in [-0.1, -0.05) is 24.3 Å². The van der Waals surface area contributed by atoms with E-state index in [0.29, 0.717) is 18.2 Å². The molecule has 21 heavy (non-hydrogen) atoms. The van der Waals surface area contributed by atoms with Gasteiger partial charge in [-0.15, -0.1) is 0 Å². The van der Waals surface area contributed by atoms with Crippen molar-refractivity contribution in [3.63, 3.8) is 0 Å². The molecule has 0 unspecified atom stereocenters. The monoisotopic (exact) mass is 282 g/mol. The minimum atomic E-state index is 0.189. The zero-order valence-corrected chi connectivity index (χ0v) is 12.0. The largest absolute Gasteiger partial charge is 0.481 e. The van der Waals surface area contributed by atoms with Crippen LogP contribution in [-0.2, 0) is 11.2 Å². The Kier molecular flexibility index (Phi) is 3.86. The number of benzene rings is 1. The van der Waals surface area contributed by atoms with Crippen molar-refractivity contribution < 1.29 is 9.53 Å². The summed E-state index contributed by atoms with van der Waals surface area (Å²) in [6.45, 7) is 0.752. The molecular formula is C17H18N2O2. The smallest absolute Gasteiger partial charge is 0.227 e. The van der Waals surface area contributed by atoms with E-state index in [1.54, 1.807) is 7.11 Å². The Morgan fingerprint density at radius 1 is 1.19 bits per heavy atom. The van der Waals surface area contributed by atoms with Crippen molar-refractivity contribution in [2.45, 2.75) is 12.8 Å². The first kappa shape index (κ1) is 13.6.